The Balaban J connectivity index is 2.06. The monoisotopic (exact) mass is 393 g/mol. The number of aromatic amines is 1. The Bertz CT molecular complexity index is 1010. The minimum absolute atomic E-state index is 0.397. The largest absolute Gasteiger partial charge is 0.489 e. The lowest BCUT2D eigenvalue weighted by atomic mass is 10.1. The fraction of sp³-hybridized carbons (Fsp3) is 0.100. The van der Waals surface area contributed by atoms with Crippen LogP contribution in [0.2, 0.25) is 0 Å². The van der Waals surface area contributed by atoms with Gasteiger partial charge in [-0.15, -0.1) is 0 Å². The van der Waals surface area contributed by atoms with Crippen LogP contribution in [-0.2, 0) is 0 Å². The number of nitrogens with one attached hydrogen (secondary N) is 1. The van der Waals surface area contributed by atoms with Crippen LogP contribution in [0.15, 0.2) is 53.5 Å². The third-order valence-corrected chi connectivity index (χ3v) is 4.13. The third-order valence-electron chi connectivity index (χ3n) is 3.64. The number of halogens is 1. The highest BCUT2D eigenvalue weighted by molar-refractivity contribution is 9.10. The van der Waals surface area contributed by atoms with Crippen LogP contribution >= 0.6 is 15.9 Å². The first kappa shape index (κ1) is 17.0. The molecule has 0 radical (unpaired) electrons. The number of nitriles is 1. The molecule has 5 heteroatoms. The Morgan fingerprint density at radius 1 is 1.36 bits per heavy atom. The molecule has 0 amide bonds. The number of aryl methyl sites for hydroxylation is 1. The molecule has 1 N–H and O–H groups in total. The number of H-pyrrole nitrogens is 1. The number of ether oxygens (including phenoxy) is 1. The molecular weight excluding hydrogens is 378 g/mol. The molecule has 4 nitrogen and oxygen atoms in total. The third kappa shape index (κ3) is 3.81. The van der Waals surface area contributed by atoms with Crippen LogP contribution in [0.25, 0.3) is 22.7 Å². The predicted octanol–water partition coefficient (Wildman–Crippen LogP) is 5.26. The smallest absolute Gasteiger partial charge is 0.149 e. The fourth-order valence-corrected chi connectivity index (χ4v) is 2.85. The molecule has 0 atom stereocenters. The highest BCUT2D eigenvalue weighted by Crippen LogP contribution is 2.28. The van der Waals surface area contributed by atoms with Gasteiger partial charge in [0.15, 0.2) is 0 Å². The van der Waals surface area contributed by atoms with E-state index >= 15 is 0 Å². The SMILES string of the molecule is C=CCOc1ccc(Br)cc1/C=C(/C#N)c1nc2ccc(C)cc2[nH]1. The van der Waals surface area contributed by atoms with Gasteiger partial charge < -0.3 is 9.72 Å². The van der Waals surface area contributed by atoms with Gasteiger partial charge in [0.1, 0.15) is 24.3 Å². The van der Waals surface area contributed by atoms with Gasteiger partial charge in [-0.25, -0.2) is 4.98 Å². The summed E-state index contributed by atoms with van der Waals surface area (Å²) in [5, 5.41) is 9.61. The van der Waals surface area contributed by atoms with Gasteiger partial charge in [0.2, 0.25) is 0 Å². The van der Waals surface area contributed by atoms with E-state index in [0.29, 0.717) is 23.8 Å². The van der Waals surface area contributed by atoms with Crippen LogP contribution < -0.4 is 4.74 Å². The lowest BCUT2D eigenvalue weighted by molar-refractivity contribution is 0.362. The minimum Gasteiger partial charge on any atom is -0.489 e. The van der Waals surface area contributed by atoms with E-state index in [1.54, 1.807) is 12.2 Å². The first-order chi connectivity index (χ1) is 12.1. The summed E-state index contributed by atoms with van der Waals surface area (Å²) < 4.78 is 6.58. The first-order valence-electron chi connectivity index (χ1n) is 7.72. The van der Waals surface area contributed by atoms with Gasteiger partial charge in [0.25, 0.3) is 0 Å². The van der Waals surface area contributed by atoms with E-state index in [1.165, 1.54) is 0 Å². The molecular formula is C20H16BrN3O. The zero-order valence-corrected chi connectivity index (χ0v) is 15.3. The highest BCUT2D eigenvalue weighted by atomic mass is 79.9. The van der Waals surface area contributed by atoms with Crippen molar-refractivity contribution in [2.45, 2.75) is 6.92 Å². The molecule has 0 aliphatic rings. The van der Waals surface area contributed by atoms with Crippen molar-refractivity contribution in [1.29, 1.82) is 5.26 Å². The molecule has 3 rings (SSSR count). The minimum atomic E-state index is 0.397. The topological polar surface area (TPSA) is 61.7 Å². The summed E-state index contributed by atoms with van der Waals surface area (Å²) in [5.74, 6) is 1.22. The molecule has 0 saturated heterocycles. The van der Waals surface area contributed by atoms with Crippen LogP contribution in [0.3, 0.4) is 0 Å². The van der Waals surface area contributed by atoms with Crippen LogP contribution in [0, 0.1) is 18.3 Å². The van der Waals surface area contributed by atoms with Crippen molar-refractivity contribution in [3.05, 3.63) is 70.5 Å². The first-order valence-corrected chi connectivity index (χ1v) is 8.52. The number of benzene rings is 2. The number of allylic oxidation sites excluding steroid dienone is 1. The van der Waals surface area contributed by atoms with E-state index in [0.717, 1.165) is 26.6 Å². The van der Waals surface area contributed by atoms with Gasteiger partial charge in [-0.3, -0.25) is 0 Å². The van der Waals surface area contributed by atoms with Crippen molar-refractivity contribution >= 4 is 38.6 Å². The van der Waals surface area contributed by atoms with E-state index in [4.69, 9.17) is 4.74 Å². The van der Waals surface area contributed by atoms with Gasteiger partial charge in [0, 0.05) is 10.0 Å². The molecule has 0 fully saturated rings. The van der Waals surface area contributed by atoms with Gasteiger partial charge >= 0.3 is 0 Å². The number of rotatable bonds is 5. The van der Waals surface area contributed by atoms with Crippen molar-refractivity contribution < 1.29 is 4.74 Å². The molecule has 3 aromatic rings. The molecule has 0 aliphatic heterocycles. The molecule has 2 aromatic carbocycles. The quantitative estimate of drug-likeness (QED) is 0.474. The normalized spacial score (nSPS) is 11.3. The van der Waals surface area contributed by atoms with Crippen LogP contribution in [0.1, 0.15) is 17.0 Å². The molecule has 0 bridgehead atoms. The number of hydrogen-bond donors (Lipinski definition) is 1. The van der Waals surface area contributed by atoms with Crippen molar-refractivity contribution in [1.82, 2.24) is 9.97 Å². The maximum Gasteiger partial charge on any atom is 0.149 e. The van der Waals surface area contributed by atoms with Gasteiger partial charge in [-0.05, 0) is 48.9 Å². The van der Waals surface area contributed by atoms with Gasteiger partial charge in [-0.1, -0.05) is 34.7 Å². The van der Waals surface area contributed by atoms with Crippen molar-refractivity contribution in [2.75, 3.05) is 6.61 Å². The lowest BCUT2D eigenvalue weighted by Crippen LogP contribution is -1.95. The van der Waals surface area contributed by atoms with Gasteiger partial charge in [-0.2, -0.15) is 5.26 Å². The maximum absolute atomic E-state index is 9.61. The maximum atomic E-state index is 9.61. The van der Waals surface area contributed by atoms with E-state index < -0.39 is 0 Å². The second kappa shape index (κ2) is 7.37. The summed E-state index contributed by atoms with van der Waals surface area (Å²) in [5.41, 5.74) is 4.12. The number of imidazole rings is 1. The molecule has 0 spiro atoms. The van der Waals surface area contributed by atoms with Crippen LogP contribution in [-0.4, -0.2) is 16.6 Å². The van der Waals surface area contributed by atoms with E-state index in [-0.39, 0.29) is 0 Å². The average molecular weight is 394 g/mol. The average Bonchev–Trinajstić information content (AvgIpc) is 3.01. The molecule has 1 heterocycles. The number of fused-ring (bicyclic) bond motifs is 1. The Morgan fingerprint density at radius 3 is 2.96 bits per heavy atom. The molecule has 1 aromatic heterocycles. The summed E-state index contributed by atoms with van der Waals surface area (Å²) in [6, 6.07) is 13.8. The Kier molecular flexibility index (Phi) is 5.01. The van der Waals surface area contributed by atoms with Crippen LogP contribution in [0.4, 0.5) is 0 Å². The van der Waals surface area contributed by atoms with Crippen molar-refractivity contribution in [2.24, 2.45) is 0 Å². The summed E-state index contributed by atoms with van der Waals surface area (Å²) in [4.78, 5) is 7.73. The highest BCUT2D eigenvalue weighted by Gasteiger charge is 2.10. The fourth-order valence-electron chi connectivity index (χ4n) is 2.47. The second-order valence-electron chi connectivity index (χ2n) is 5.56. The van der Waals surface area contributed by atoms with E-state index in [2.05, 4.69) is 38.5 Å². The lowest BCUT2D eigenvalue weighted by Gasteiger charge is -2.08. The van der Waals surface area contributed by atoms with E-state index in [1.807, 2.05) is 43.3 Å². The summed E-state index contributed by atoms with van der Waals surface area (Å²) in [7, 11) is 0. The van der Waals surface area contributed by atoms with Gasteiger partial charge in [0.05, 0.1) is 16.6 Å². The zero-order valence-electron chi connectivity index (χ0n) is 13.7. The Morgan fingerprint density at radius 2 is 2.20 bits per heavy atom. The predicted molar refractivity (Wildman–Crippen MR) is 104 cm³/mol. The number of aromatic nitrogens is 2. The summed E-state index contributed by atoms with van der Waals surface area (Å²) in [6.45, 7) is 6.08. The number of nitrogens with zero attached hydrogens (tertiary/aromatic N) is 2. The molecule has 0 aliphatic carbocycles. The van der Waals surface area contributed by atoms with Crippen molar-refractivity contribution in [3.63, 3.8) is 0 Å². The molecule has 124 valence electrons. The standard InChI is InChI=1S/C20H16BrN3O/c1-3-8-25-19-7-5-16(21)11-14(19)10-15(12-22)20-23-17-6-4-13(2)9-18(17)24-20/h3-7,9-11H,1,8H2,2H3,(H,23,24)/b15-10-. The van der Waals surface area contributed by atoms with Crippen molar-refractivity contribution in [3.8, 4) is 11.8 Å². The summed E-state index contributed by atoms with van der Waals surface area (Å²) in [6.07, 6.45) is 3.45. The van der Waals surface area contributed by atoms with E-state index in [9.17, 15) is 5.26 Å². The molecule has 0 unspecified atom stereocenters. The zero-order chi connectivity index (χ0) is 17.8. The Labute approximate surface area is 154 Å². The van der Waals surface area contributed by atoms with Crippen LogP contribution in [0.5, 0.6) is 5.75 Å². The Hall–Kier alpha value is -2.84. The molecule has 0 saturated carbocycles. The second-order valence-corrected chi connectivity index (χ2v) is 6.47. The molecule has 25 heavy (non-hydrogen) atoms. The summed E-state index contributed by atoms with van der Waals surface area (Å²) >= 11 is 3.46. The number of hydrogen-bond acceptors (Lipinski definition) is 3.